The van der Waals surface area contributed by atoms with E-state index in [9.17, 15) is 4.79 Å². The molecule has 1 aromatic rings. The van der Waals surface area contributed by atoms with Crippen LogP contribution in [0.5, 0.6) is 5.75 Å². The second kappa shape index (κ2) is 6.25. The fourth-order valence-electron chi connectivity index (χ4n) is 1.60. The SMILES string of the molecule is COC(=O)c1ccc(OC)c(CCC(C)N)c1. The number of methoxy groups -OCH3 is 2. The average molecular weight is 237 g/mol. The van der Waals surface area contributed by atoms with E-state index >= 15 is 0 Å². The number of aryl methyl sites for hydroxylation is 1. The normalized spacial score (nSPS) is 12.0. The third-order valence-electron chi connectivity index (χ3n) is 2.57. The molecule has 0 aliphatic carbocycles. The summed E-state index contributed by atoms with van der Waals surface area (Å²) in [5, 5.41) is 0. The molecule has 1 unspecified atom stereocenters. The van der Waals surface area contributed by atoms with Crippen LogP contribution in [0.25, 0.3) is 0 Å². The Morgan fingerprint density at radius 1 is 1.41 bits per heavy atom. The largest absolute Gasteiger partial charge is 0.496 e. The quantitative estimate of drug-likeness (QED) is 0.793. The molecule has 4 nitrogen and oxygen atoms in total. The van der Waals surface area contributed by atoms with Crippen LogP contribution in [-0.4, -0.2) is 26.2 Å². The predicted molar refractivity (Wildman–Crippen MR) is 66.3 cm³/mol. The van der Waals surface area contributed by atoms with Crippen molar-refractivity contribution in [1.29, 1.82) is 0 Å². The summed E-state index contributed by atoms with van der Waals surface area (Å²) in [4.78, 5) is 11.4. The van der Waals surface area contributed by atoms with Crippen LogP contribution in [0, 0.1) is 0 Å². The predicted octanol–water partition coefficient (Wildman–Crippen LogP) is 1.76. The van der Waals surface area contributed by atoms with Gasteiger partial charge >= 0.3 is 5.97 Å². The molecule has 0 spiro atoms. The second-order valence-electron chi connectivity index (χ2n) is 4.03. The molecule has 1 rings (SSSR count). The van der Waals surface area contributed by atoms with Crippen molar-refractivity contribution < 1.29 is 14.3 Å². The summed E-state index contributed by atoms with van der Waals surface area (Å²) in [6.07, 6.45) is 1.63. The van der Waals surface area contributed by atoms with Crippen LogP contribution in [0.4, 0.5) is 0 Å². The maximum Gasteiger partial charge on any atom is 0.337 e. The zero-order valence-electron chi connectivity index (χ0n) is 10.5. The van der Waals surface area contributed by atoms with Gasteiger partial charge in [-0.05, 0) is 43.5 Å². The van der Waals surface area contributed by atoms with Gasteiger partial charge in [-0.2, -0.15) is 0 Å². The first-order chi connectivity index (χ1) is 8.08. The van der Waals surface area contributed by atoms with Gasteiger partial charge in [0.2, 0.25) is 0 Å². The van der Waals surface area contributed by atoms with Crippen molar-refractivity contribution in [1.82, 2.24) is 0 Å². The average Bonchev–Trinajstić information content (AvgIpc) is 2.34. The number of benzene rings is 1. The van der Waals surface area contributed by atoms with Crippen molar-refractivity contribution in [3.05, 3.63) is 29.3 Å². The van der Waals surface area contributed by atoms with Crippen LogP contribution in [0.3, 0.4) is 0 Å². The monoisotopic (exact) mass is 237 g/mol. The van der Waals surface area contributed by atoms with Crippen LogP contribution in [-0.2, 0) is 11.2 Å². The van der Waals surface area contributed by atoms with Crippen molar-refractivity contribution in [2.24, 2.45) is 5.73 Å². The molecule has 1 aromatic carbocycles. The van der Waals surface area contributed by atoms with Crippen LogP contribution in [0.15, 0.2) is 18.2 Å². The van der Waals surface area contributed by atoms with Crippen molar-refractivity contribution in [3.63, 3.8) is 0 Å². The van der Waals surface area contributed by atoms with E-state index in [1.807, 2.05) is 6.92 Å². The zero-order chi connectivity index (χ0) is 12.8. The molecule has 1 atom stereocenters. The molecule has 0 radical (unpaired) electrons. The Balaban J connectivity index is 2.93. The van der Waals surface area contributed by atoms with Gasteiger partial charge in [0.25, 0.3) is 0 Å². The molecule has 0 aliphatic rings. The fraction of sp³-hybridized carbons (Fsp3) is 0.462. The minimum absolute atomic E-state index is 0.126. The molecule has 0 bridgehead atoms. The van der Waals surface area contributed by atoms with E-state index < -0.39 is 0 Å². The van der Waals surface area contributed by atoms with E-state index in [1.54, 1.807) is 25.3 Å². The third kappa shape index (κ3) is 3.75. The number of carbonyl (C=O) groups is 1. The Morgan fingerprint density at radius 2 is 2.12 bits per heavy atom. The lowest BCUT2D eigenvalue weighted by atomic mass is 10.0. The van der Waals surface area contributed by atoms with Gasteiger partial charge < -0.3 is 15.2 Å². The van der Waals surface area contributed by atoms with E-state index in [2.05, 4.69) is 4.74 Å². The highest BCUT2D eigenvalue weighted by Gasteiger charge is 2.10. The van der Waals surface area contributed by atoms with Crippen molar-refractivity contribution in [2.75, 3.05) is 14.2 Å². The van der Waals surface area contributed by atoms with Crippen LogP contribution < -0.4 is 10.5 Å². The number of rotatable bonds is 5. The fourth-order valence-corrected chi connectivity index (χ4v) is 1.60. The van der Waals surface area contributed by atoms with Gasteiger partial charge in [-0.3, -0.25) is 0 Å². The summed E-state index contributed by atoms with van der Waals surface area (Å²) in [5.41, 5.74) is 7.24. The minimum atomic E-state index is -0.338. The molecule has 4 heteroatoms. The number of ether oxygens (including phenoxy) is 2. The molecule has 0 heterocycles. The van der Waals surface area contributed by atoms with Gasteiger partial charge in [-0.25, -0.2) is 4.79 Å². The Hall–Kier alpha value is -1.55. The maximum atomic E-state index is 11.4. The Bertz CT molecular complexity index is 388. The molecule has 94 valence electrons. The first-order valence-corrected chi connectivity index (χ1v) is 5.59. The third-order valence-corrected chi connectivity index (χ3v) is 2.57. The smallest absolute Gasteiger partial charge is 0.337 e. The molecule has 0 saturated carbocycles. The van der Waals surface area contributed by atoms with E-state index in [0.29, 0.717) is 5.56 Å². The van der Waals surface area contributed by atoms with Gasteiger partial charge in [-0.15, -0.1) is 0 Å². The molecule has 2 N–H and O–H groups in total. The lowest BCUT2D eigenvalue weighted by Crippen LogP contribution is -2.15. The summed E-state index contributed by atoms with van der Waals surface area (Å²) in [6, 6.07) is 5.40. The standard InChI is InChI=1S/C13H19NO3/c1-9(14)4-5-10-8-11(13(15)17-3)6-7-12(10)16-2/h6-9H,4-5,14H2,1-3H3. The summed E-state index contributed by atoms with van der Waals surface area (Å²) in [7, 11) is 2.98. The number of hydrogen-bond donors (Lipinski definition) is 1. The highest BCUT2D eigenvalue weighted by atomic mass is 16.5. The van der Waals surface area contributed by atoms with Gasteiger partial charge in [0.05, 0.1) is 19.8 Å². The first kappa shape index (κ1) is 13.5. The van der Waals surface area contributed by atoms with Gasteiger partial charge in [-0.1, -0.05) is 0 Å². The highest BCUT2D eigenvalue weighted by molar-refractivity contribution is 5.89. The van der Waals surface area contributed by atoms with E-state index in [0.717, 1.165) is 24.2 Å². The van der Waals surface area contributed by atoms with Gasteiger partial charge in [0.15, 0.2) is 0 Å². The lowest BCUT2D eigenvalue weighted by molar-refractivity contribution is 0.0600. The van der Waals surface area contributed by atoms with Gasteiger partial charge in [0, 0.05) is 6.04 Å². The lowest BCUT2D eigenvalue weighted by Gasteiger charge is -2.11. The first-order valence-electron chi connectivity index (χ1n) is 5.59. The van der Waals surface area contributed by atoms with E-state index in [4.69, 9.17) is 10.5 Å². The Labute approximate surface area is 102 Å². The molecular formula is C13H19NO3. The molecule has 0 aromatic heterocycles. The summed E-state index contributed by atoms with van der Waals surface area (Å²) >= 11 is 0. The number of hydrogen-bond acceptors (Lipinski definition) is 4. The summed E-state index contributed by atoms with van der Waals surface area (Å²) in [6.45, 7) is 1.95. The Morgan fingerprint density at radius 3 is 2.65 bits per heavy atom. The highest BCUT2D eigenvalue weighted by Crippen LogP contribution is 2.22. The number of carbonyl (C=O) groups excluding carboxylic acids is 1. The van der Waals surface area contributed by atoms with E-state index in [1.165, 1.54) is 7.11 Å². The van der Waals surface area contributed by atoms with Gasteiger partial charge in [0.1, 0.15) is 5.75 Å². The molecule has 0 saturated heterocycles. The number of nitrogens with two attached hydrogens (primary N) is 1. The van der Waals surface area contributed by atoms with Crippen molar-refractivity contribution in [3.8, 4) is 5.75 Å². The second-order valence-corrected chi connectivity index (χ2v) is 4.03. The molecule has 0 fully saturated rings. The molecule has 0 aliphatic heterocycles. The minimum Gasteiger partial charge on any atom is -0.496 e. The van der Waals surface area contributed by atoms with Crippen molar-refractivity contribution in [2.45, 2.75) is 25.8 Å². The maximum absolute atomic E-state index is 11.4. The molecule has 0 amide bonds. The molecular weight excluding hydrogens is 218 g/mol. The summed E-state index contributed by atoms with van der Waals surface area (Å²) in [5.74, 6) is 0.438. The topological polar surface area (TPSA) is 61.5 Å². The van der Waals surface area contributed by atoms with Crippen LogP contribution in [0.2, 0.25) is 0 Å². The molecule has 17 heavy (non-hydrogen) atoms. The Kier molecular flexibility index (Phi) is 4.97. The number of esters is 1. The van der Waals surface area contributed by atoms with Crippen LogP contribution in [0.1, 0.15) is 29.3 Å². The summed E-state index contributed by atoms with van der Waals surface area (Å²) < 4.78 is 9.94. The van der Waals surface area contributed by atoms with Crippen LogP contribution >= 0.6 is 0 Å². The van der Waals surface area contributed by atoms with Crippen molar-refractivity contribution >= 4 is 5.97 Å². The zero-order valence-corrected chi connectivity index (χ0v) is 10.5. The van der Waals surface area contributed by atoms with E-state index in [-0.39, 0.29) is 12.0 Å².